The van der Waals surface area contributed by atoms with E-state index in [1.165, 1.54) is 0 Å². The van der Waals surface area contributed by atoms with Crippen LogP contribution in [-0.4, -0.2) is 23.7 Å². The van der Waals surface area contributed by atoms with Crippen molar-refractivity contribution in [2.75, 3.05) is 11.9 Å². The Kier molecular flexibility index (Phi) is 5.04. The largest absolute Gasteiger partial charge is 0.480 e. The van der Waals surface area contributed by atoms with E-state index in [-0.39, 0.29) is 15.7 Å². The third-order valence-electron chi connectivity index (χ3n) is 1.65. The molecule has 3 N–H and O–H groups in total. The summed E-state index contributed by atoms with van der Waals surface area (Å²) in [6, 6.07) is 2.42. The van der Waals surface area contributed by atoms with E-state index in [2.05, 4.69) is 26.6 Å². The van der Waals surface area contributed by atoms with Gasteiger partial charge in [-0.1, -0.05) is 39.1 Å². The van der Waals surface area contributed by atoms with E-state index < -0.39 is 18.5 Å². The smallest absolute Gasteiger partial charge is 0.323 e. The maximum absolute atomic E-state index is 11.3. The van der Waals surface area contributed by atoms with Crippen LogP contribution in [0.2, 0.25) is 10.0 Å². The summed E-state index contributed by atoms with van der Waals surface area (Å²) in [5.74, 6) is -1.15. The Labute approximate surface area is 115 Å². The van der Waals surface area contributed by atoms with E-state index >= 15 is 0 Å². The number of hydrogen-bond acceptors (Lipinski definition) is 2. The van der Waals surface area contributed by atoms with Gasteiger partial charge in [0.2, 0.25) is 0 Å². The molecule has 1 aromatic carbocycles. The predicted octanol–water partition coefficient (Wildman–Crippen LogP) is 2.96. The number of anilines is 1. The van der Waals surface area contributed by atoms with Gasteiger partial charge < -0.3 is 15.7 Å². The normalized spacial score (nSPS) is 9.82. The number of nitrogens with one attached hydrogen (secondary N) is 2. The molecule has 0 saturated carbocycles. The maximum atomic E-state index is 11.3. The van der Waals surface area contributed by atoms with E-state index in [1.807, 2.05) is 0 Å². The molecular weight excluding hydrogens is 335 g/mol. The highest BCUT2D eigenvalue weighted by molar-refractivity contribution is 9.10. The summed E-state index contributed by atoms with van der Waals surface area (Å²) >= 11 is 14.9. The van der Waals surface area contributed by atoms with Gasteiger partial charge in [0.15, 0.2) is 0 Å². The quantitative estimate of drug-likeness (QED) is 0.790. The van der Waals surface area contributed by atoms with Crippen molar-refractivity contribution in [2.24, 2.45) is 0 Å². The van der Waals surface area contributed by atoms with E-state index in [1.54, 1.807) is 12.1 Å². The first-order valence-corrected chi connectivity index (χ1v) is 5.86. The predicted molar refractivity (Wildman–Crippen MR) is 68.8 cm³/mol. The zero-order chi connectivity index (χ0) is 13.0. The minimum absolute atomic E-state index is 0.222. The van der Waals surface area contributed by atoms with E-state index in [4.69, 9.17) is 28.3 Å². The van der Waals surface area contributed by atoms with Crippen LogP contribution in [0.1, 0.15) is 0 Å². The Bertz CT molecular complexity index is 445. The fourth-order valence-corrected chi connectivity index (χ4v) is 2.28. The summed E-state index contributed by atoms with van der Waals surface area (Å²) in [5.41, 5.74) is 0.222. The average molecular weight is 342 g/mol. The first-order valence-electron chi connectivity index (χ1n) is 4.31. The number of carbonyl (C=O) groups is 2. The molecule has 0 unspecified atom stereocenters. The number of amides is 2. The lowest BCUT2D eigenvalue weighted by atomic mass is 10.3. The zero-order valence-electron chi connectivity index (χ0n) is 8.26. The number of carboxylic acids is 1. The lowest BCUT2D eigenvalue weighted by Crippen LogP contribution is -2.33. The van der Waals surface area contributed by atoms with Crippen molar-refractivity contribution in [3.63, 3.8) is 0 Å². The number of aliphatic carboxylic acids is 1. The topological polar surface area (TPSA) is 78.4 Å². The van der Waals surface area contributed by atoms with Crippen LogP contribution in [0, 0.1) is 0 Å². The Morgan fingerprint density at radius 3 is 2.29 bits per heavy atom. The van der Waals surface area contributed by atoms with E-state index in [0.29, 0.717) is 4.47 Å². The lowest BCUT2D eigenvalue weighted by molar-refractivity contribution is -0.135. The lowest BCUT2D eigenvalue weighted by Gasteiger charge is -2.10. The minimum Gasteiger partial charge on any atom is -0.480 e. The standard InChI is InChI=1S/C9H7BrCl2N2O3/c10-4-1-5(11)8(6(12)2-4)14-9(17)13-3-7(15)16/h1-2H,3H2,(H,15,16)(H2,13,14,17). The number of halogens is 3. The highest BCUT2D eigenvalue weighted by Gasteiger charge is 2.11. The molecule has 0 spiro atoms. The second-order valence-electron chi connectivity index (χ2n) is 2.95. The molecule has 0 aromatic heterocycles. The molecule has 5 nitrogen and oxygen atoms in total. The highest BCUT2D eigenvalue weighted by Crippen LogP contribution is 2.33. The number of benzene rings is 1. The van der Waals surface area contributed by atoms with Crippen molar-refractivity contribution in [2.45, 2.75) is 0 Å². The van der Waals surface area contributed by atoms with Gasteiger partial charge in [0.25, 0.3) is 0 Å². The average Bonchev–Trinajstić information content (AvgIpc) is 2.20. The highest BCUT2D eigenvalue weighted by atomic mass is 79.9. The Morgan fingerprint density at radius 1 is 1.29 bits per heavy atom. The van der Waals surface area contributed by atoms with Crippen LogP contribution in [0.15, 0.2) is 16.6 Å². The Hall–Kier alpha value is -0.980. The molecule has 0 aliphatic rings. The van der Waals surface area contributed by atoms with Gasteiger partial charge in [0.05, 0.1) is 15.7 Å². The fourth-order valence-electron chi connectivity index (χ4n) is 0.975. The van der Waals surface area contributed by atoms with Crippen molar-refractivity contribution >= 4 is 56.8 Å². The Morgan fingerprint density at radius 2 is 1.82 bits per heavy atom. The maximum Gasteiger partial charge on any atom is 0.323 e. The number of carboxylic acid groups (broad SMARTS) is 1. The van der Waals surface area contributed by atoms with Gasteiger partial charge in [0.1, 0.15) is 6.54 Å². The zero-order valence-corrected chi connectivity index (χ0v) is 11.4. The second kappa shape index (κ2) is 6.09. The summed E-state index contributed by atoms with van der Waals surface area (Å²) in [4.78, 5) is 21.5. The van der Waals surface area contributed by atoms with Crippen LogP contribution < -0.4 is 10.6 Å². The van der Waals surface area contributed by atoms with Crippen LogP contribution in [-0.2, 0) is 4.79 Å². The van der Waals surface area contributed by atoms with Gasteiger partial charge in [-0.2, -0.15) is 0 Å². The molecule has 0 heterocycles. The first-order chi connectivity index (χ1) is 7.90. The van der Waals surface area contributed by atoms with Crippen molar-refractivity contribution in [1.82, 2.24) is 5.32 Å². The van der Waals surface area contributed by atoms with Gasteiger partial charge in [-0.3, -0.25) is 4.79 Å². The van der Waals surface area contributed by atoms with Crippen LogP contribution >= 0.6 is 39.1 Å². The number of rotatable bonds is 3. The van der Waals surface area contributed by atoms with Crippen LogP contribution in [0.25, 0.3) is 0 Å². The van der Waals surface area contributed by atoms with Gasteiger partial charge >= 0.3 is 12.0 Å². The minimum atomic E-state index is -1.15. The second-order valence-corrected chi connectivity index (χ2v) is 4.68. The molecule has 1 aromatic rings. The summed E-state index contributed by atoms with van der Waals surface area (Å²) < 4.78 is 0.670. The molecule has 92 valence electrons. The molecule has 0 aliphatic heterocycles. The van der Waals surface area contributed by atoms with Crippen molar-refractivity contribution in [3.05, 3.63) is 26.7 Å². The summed E-state index contributed by atoms with van der Waals surface area (Å²) in [6.45, 7) is -0.488. The number of hydrogen-bond donors (Lipinski definition) is 3. The molecule has 0 saturated heterocycles. The van der Waals surface area contributed by atoms with Crippen LogP contribution in [0.5, 0.6) is 0 Å². The molecule has 0 bridgehead atoms. The SMILES string of the molecule is O=C(O)CNC(=O)Nc1c(Cl)cc(Br)cc1Cl. The molecule has 0 aliphatic carbocycles. The van der Waals surface area contributed by atoms with Crippen LogP contribution in [0.4, 0.5) is 10.5 Å². The van der Waals surface area contributed by atoms with E-state index in [0.717, 1.165) is 0 Å². The van der Waals surface area contributed by atoms with Gasteiger partial charge in [0, 0.05) is 4.47 Å². The number of carbonyl (C=O) groups excluding carboxylic acids is 1. The summed E-state index contributed by atoms with van der Waals surface area (Å²) in [7, 11) is 0. The molecule has 0 radical (unpaired) electrons. The first kappa shape index (κ1) is 14.1. The van der Waals surface area contributed by atoms with E-state index in [9.17, 15) is 9.59 Å². The third-order valence-corrected chi connectivity index (χ3v) is 2.70. The van der Waals surface area contributed by atoms with Crippen molar-refractivity contribution in [3.8, 4) is 0 Å². The molecule has 1 rings (SSSR count). The third kappa shape index (κ3) is 4.41. The number of urea groups is 1. The molecule has 2 amide bonds. The van der Waals surface area contributed by atoms with Gasteiger partial charge in [-0.25, -0.2) is 4.79 Å². The van der Waals surface area contributed by atoms with Gasteiger partial charge in [-0.05, 0) is 12.1 Å². The fraction of sp³-hybridized carbons (Fsp3) is 0.111. The molecule has 0 fully saturated rings. The van der Waals surface area contributed by atoms with Crippen molar-refractivity contribution in [1.29, 1.82) is 0 Å². The molecule has 0 atom stereocenters. The Balaban J connectivity index is 2.75. The van der Waals surface area contributed by atoms with Gasteiger partial charge in [-0.15, -0.1) is 0 Å². The summed E-state index contributed by atoms with van der Waals surface area (Å²) in [6.07, 6.45) is 0. The monoisotopic (exact) mass is 340 g/mol. The molecule has 17 heavy (non-hydrogen) atoms. The molecule has 8 heteroatoms. The van der Waals surface area contributed by atoms with Crippen molar-refractivity contribution < 1.29 is 14.7 Å². The molecular formula is C9H7BrCl2N2O3. The summed E-state index contributed by atoms with van der Waals surface area (Å²) in [5, 5.41) is 13.3. The van der Waals surface area contributed by atoms with Crippen LogP contribution in [0.3, 0.4) is 0 Å².